The van der Waals surface area contributed by atoms with Gasteiger partial charge in [-0.15, -0.1) is 11.3 Å². The highest BCUT2D eigenvalue weighted by Crippen LogP contribution is 2.24. The summed E-state index contributed by atoms with van der Waals surface area (Å²) in [5, 5.41) is 4.56. The molecule has 1 heterocycles. The predicted octanol–water partition coefficient (Wildman–Crippen LogP) is 4.07. The van der Waals surface area contributed by atoms with Gasteiger partial charge in [0.25, 0.3) is 0 Å². The second kappa shape index (κ2) is 7.80. The van der Waals surface area contributed by atoms with E-state index in [1.165, 1.54) is 48.4 Å². The molecule has 1 aromatic rings. The fourth-order valence-electron chi connectivity index (χ4n) is 1.92. The Bertz CT molecular complexity index is 283. The summed E-state index contributed by atoms with van der Waals surface area (Å²) in [4.78, 5) is 5.71. The SMILES string of the molecule is CCCCCCCC(NC)c1cnc(C)s1. The smallest absolute Gasteiger partial charge is 0.0897 e. The Kier molecular flexibility index (Phi) is 6.65. The predicted molar refractivity (Wildman–Crippen MR) is 72.0 cm³/mol. The topological polar surface area (TPSA) is 24.9 Å². The molecule has 1 aromatic heterocycles. The Morgan fingerprint density at radius 1 is 1.31 bits per heavy atom. The van der Waals surface area contributed by atoms with Crippen LogP contribution in [0.1, 0.15) is 61.4 Å². The monoisotopic (exact) mass is 240 g/mol. The van der Waals surface area contributed by atoms with Crippen molar-refractivity contribution in [3.05, 3.63) is 16.1 Å². The lowest BCUT2D eigenvalue weighted by Gasteiger charge is -2.13. The zero-order valence-corrected chi connectivity index (χ0v) is 11.6. The molecule has 1 atom stereocenters. The summed E-state index contributed by atoms with van der Waals surface area (Å²) < 4.78 is 0. The van der Waals surface area contributed by atoms with Crippen molar-refractivity contribution < 1.29 is 0 Å². The van der Waals surface area contributed by atoms with E-state index in [9.17, 15) is 0 Å². The summed E-state index contributed by atoms with van der Waals surface area (Å²) in [6, 6.07) is 0.507. The van der Waals surface area contributed by atoms with Gasteiger partial charge in [0.1, 0.15) is 0 Å². The van der Waals surface area contributed by atoms with Crippen molar-refractivity contribution in [2.24, 2.45) is 0 Å². The highest BCUT2D eigenvalue weighted by atomic mass is 32.1. The lowest BCUT2D eigenvalue weighted by Crippen LogP contribution is -2.14. The zero-order valence-electron chi connectivity index (χ0n) is 10.8. The van der Waals surface area contributed by atoms with Crippen molar-refractivity contribution in [1.82, 2.24) is 10.3 Å². The fraction of sp³-hybridized carbons (Fsp3) is 0.769. The van der Waals surface area contributed by atoms with E-state index in [1.54, 1.807) is 0 Å². The van der Waals surface area contributed by atoms with Crippen LogP contribution in [0, 0.1) is 6.92 Å². The molecule has 3 heteroatoms. The van der Waals surface area contributed by atoms with E-state index in [0.29, 0.717) is 6.04 Å². The third-order valence-corrected chi connectivity index (χ3v) is 3.95. The van der Waals surface area contributed by atoms with Crippen molar-refractivity contribution in [2.45, 2.75) is 58.4 Å². The first-order valence-electron chi connectivity index (χ1n) is 6.37. The van der Waals surface area contributed by atoms with Gasteiger partial charge in [0.2, 0.25) is 0 Å². The molecule has 0 saturated carbocycles. The van der Waals surface area contributed by atoms with Gasteiger partial charge in [-0.05, 0) is 20.4 Å². The first kappa shape index (κ1) is 13.7. The molecule has 92 valence electrons. The Morgan fingerprint density at radius 2 is 2.06 bits per heavy atom. The molecule has 0 aliphatic carbocycles. The minimum atomic E-state index is 0.507. The summed E-state index contributed by atoms with van der Waals surface area (Å²) in [5.41, 5.74) is 0. The maximum atomic E-state index is 4.32. The van der Waals surface area contributed by atoms with Gasteiger partial charge in [-0.3, -0.25) is 0 Å². The van der Waals surface area contributed by atoms with Crippen molar-refractivity contribution in [3.63, 3.8) is 0 Å². The van der Waals surface area contributed by atoms with E-state index in [-0.39, 0.29) is 0 Å². The first-order valence-corrected chi connectivity index (χ1v) is 7.19. The number of nitrogens with one attached hydrogen (secondary N) is 1. The molecule has 1 N–H and O–H groups in total. The Hall–Kier alpha value is -0.410. The molecule has 16 heavy (non-hydrogen) atoms. The van der Waals surface area contributed by atoms with Crippen LogP contribution in [0.25, 0.3) is 0 Å². The van der Waals surface area contributed by atoms with Crippen LogP contribution < -0.4 is 5.32 Å². The van der Waals surface area contributed by atoms with Gasteiger partial charge in [-0.1, -0.05) is 39.0 Å². The average Bonchev–Trinajstić information content (AvgIpc) is 2.70. The standard InChI is InChI=1S/C13H24N2S/c1-4-5-6-7-8-9-12(14-3)13-10-15-11(2)16-13/h10,12,14H,4-9H2,1-3H3. The summed E-state index contributed by atoms with van der Waals surface area (Å²) in [5.74, 6) is 0. The third-order valence-electron chi connectivity index (χ3n) is 2.93. The van der Waals surface area contributed by atoms with E-state index in [2.05, 4.69) is 24.1 Å². The van der Waals surface area contributed by atoms with Gasteiger partial charge in [0.05, 0.1) is 5.01 Å². The normalized spacial score (nSPS) is 12.9. The molecule has 0 aliphatic rings. The maximum absolute atomic E-state index is 4.32. The zero-order chi connectivity index (χ0) is 11.8. The molecular weight excluding hydrogens is 216 g/mol. The second-order valence-electron chi connectivity index (χ2n) is 4.33. The largest absolute Gasteiger partial charge is 0.312 e. The van der Waals surface area contributed by atoms with Crippen molar-refractivity contribution in [2.75, 3.05) is 7.05 Å². The van der Waals surface area contributed by atoms with Gasteiger partial charge in [-0.2, -0.15) is 0 Å². The number of hydrogen-bond acceptors (Lipinski definition) is 3. The number of thiazole rings is 1. The molecule has 0 spiro atoms. The molecule has 0 aromatic carbocycles. The Morgan fingerprint density at radius 3 is 2.62 bits per heavy atom. The Labute approximate surface area is 103 Å². The quantitative estimate of drug-likeness (QED) is 0.693. The molecule has 0 aliphatic heterocycles. The van der Waals surface area contributed by atoms with Gasteiger partial charge in [-0.25, -0.2) is 4.98 Å². The van der Waals surface area contributed by atoms with Crippen molar-refractivity contribution in [3.8, 4) is 0 Å². The van der Waals surface area contributed by atoms with E-state index in [1.807, 2.05) is 24.6 Å². The number of rotatable bonds is 8. The maximum Gasteiger partial charge on any atom is 0.0897 e. The van der Waals surface area contributed by atoms with Gasteiger partial charge in [0.15, 0.2) is 0 Å². The second-order valence-corrected chi connectivity index (χ2v) is 5.59. The number of aromatic nitrogens is 1. The third kappa shape index (κ3) is 4.62. The summed E-state index contributed by atoms with van der Waals surface area (Å²) >= 11 is 1.82. The lowest BCUT2D eigenvalue weighted by molar-refractivity contribution is 0.506. The minimum absolute atomic E-state index is 0.507. The van der Waals surface area contributed by atoms with Crippen LogP contribution in [0.2, 0.25) is 0 Å². The number of hydrogen-bond donors (Lipinski definition) is 1. The van der Waals surface area contributed by atoms with Gasteiger partial charge >= 0.3 is 0 Å². The van der Waals surface area contributed by atoms with Crippen LogP contribution in [0.4, 0.5) is 0 Å². The fourth-order valence-corrected chi connectivity index (χ4v) is 2.85. The molecule has 0 amide bonds. The average molecular weight is 240 g/mol. The van der Waals surface area contributed by atoms with Gasteiger partial charge in [0, 0.05) is 17.1 Å². The first-order chi connectivity index (χ1) is 7.77. The molecule has 0 fully saturated rings. The van der Waals surface area contributed by atoms with Crippen molar-refractivity contribution in [1.29, 1.82) is 0 Å². The molecule has 2 nitrogen and oxygen atoms in total. The molecule has 1 unspecified atom stereocenters. The molecule has 0 radical (unpaired) electrons. The van der Waals surface area contributed by atoms with Crippen LogP contribution in [0.15, 0.2) is 6.20 Å². The minimum Gasteiger partial charge on any atom is -0.312 e. The summed E-state index contributed by atoms with van der Waals surface area (Å²) in [6.07, 6.45) is 10.0. The summed E-state index contributed by atoms with van der Waals surface area (Å²) in [7, 11) is 2.05. The molecule has 0 bridgehead atoms. The van der Waals surface area contributed by atoms with E-state index >= 15 is 0 Å². The highest BCUT2D eigenvalue weighted by molar-refractivity contribution is 7.11. The number of unbranched alkanes of at least 4 members (excludes halogenated alkanes) is 4. The van der Waals surface area contributed by atoms with Crippen LogP contribution in [0.3, 0.4) is 0 Å². The van der Waals surface area contributed by atoms with Crippen LogP contribution >= 0.6 is 11.3 Å². The Balaban J connectivity index is 2.27. The van der Waals surface area contributed by atoms with Crippen LogP contribution in [-0.4, -0.2) is 12.0 Å². The van der Waals surface area contributed by atoms with E-state index < -0.39 is 0 Å². The molecule has 0 saturated heterocycles. The van der Waals surface area contributed by atoms with E-state index in [0.717, 1.165) is 0 Å². The molecular formula is C13H24N2S. The highest BCUT2D eigenvalue weighted by Gasteiger charge is 2.11. The van der Waals surface area contributed by atoms with Crippen molar-refractivity contribution >= 4 is 11.3 Å². The van der Waals surface area contributed by atoms with Crippen LogP contribution in [-0.2, 0) is 0 Å². The molecule has 1 rings (SSSR count). The van der Waals surface area contributed by atoms with Crippen LogP contribution in [0.5, 0.6) is 0 Å². The summed E-state index contributed by atoms with van der Waals surface area (Å²) in [6.45, 7) is 4.33. The van der Waals surface area contributed by atoms with E-state index in [4.69, 9.17) is 0 Å². The van der Waals surface area contributed by atoms with Gasteiger partial charge < -0.3 is 5.32 Å². The lowest BCUT2D eigenvalue weighted by atomic mass is 10.1. The number of aryl methyl sites for hydroxylation is 1. The number of nitrogens with zero attached hydrogens (tertiary/aromatic N) is 1.